The van der Waals surface area contributed by atoms with Gasteiger partial charge in [0.05, 0.1) is 11.7 Å². The van der Waals surface area contributed by atoms with Crippen LogP contribution in [-0.2, 0) is 30.3 Å². The lowest BCUT2D eigenvalue weighted by Gasteiger charge is -2.49. The smallest absolute Gasteiger partial charge is 0.303 e. The van der Waals surface area contributed by atoms with Crippen molar-refractivity contribution in [2.24, 2.45) is 29.1 Å². The maximum Gasteiger partial charge on any atom is 0.303 e. The molecule has 1 aromatic rings. The fraction of sp³-hybridized carbons (Fsp3) is 0.567. The number of carbonyl (C=O) groups is 3. The first-order valence-corrected chi connectivity index (χ1v) is 13.3. The molecule has 2 aliphatic carbocycles. The van der Waals surface area contributed by atoms with E-state index in [0.29, 0.717) is 12.8 Å². The van der Waals surface area contributed by atoms with Gasteiger partial charge in [-0.15, -0.1) is 0 Å². The largest absolute Gasteiger partial charge is 0.457 e. The van der Waals surface area contributed by atoms with Gasteiger partial charge in [0, 0.05) is 30.7 Å². The second-order valence-electron chi connectivity index (χ2n) is 11.7. The number of aliphatic hydroxyl groups is 1. The van der Waals surface area contributed by atoms with Gasteiger partial charge in [-0.2, -0.15) is 0 Å². The Morgan fingerprint density at radius 2 is 1.86 bits per heavy atom. The van der Waals surface area contributed by atoms with Crippen LogP contribution in [0.2, 0.25) is 0 Å². The van der Waals surface area contributed by atoms with Crippen LogP contribution in [0, 0.1) is 29.1 Å². The highest BCUT2D eigenvalue weighted by atomic mass is 16.6. The monoisotopic (exact) mass is 507 g/mol. The number of rotatable bonds is 3. The predicted molar refractivity (Wildman–Crippen MR) is 137 cm³/mol. The molecular formula is C30H37NO6. The van der Waals surface area contributed by atoms with Crippen molar-refractivity contribution in [3.05, 3.63) is 60.2 Å². The Morgan fingerprint density at radius 1 is 1.16 bits per heavy atom. The maximum absolute atomic E-state index is 14.3. The number of esters is 1. The second-order valence-corrected chi connectivity index (χ2v) is 11.7. The molecule has 0 radical (unpaired) electrons. The van der Waals surface area contributed by atoms with Gasteiger partial charge in [-0.3, -0.25) is 14.4 Å². The average Bonchev–Trinajstić information content (AvgIpc) is 3.46. The van der Waals surface area contributed by atoms with Crippen LogP contribution in [0.5, 0.6) is 0 Å². The van der Waals surface area contributed by atoms with E-state index in [1.807, 2.05) is 42.5 Å². The van der Waals surface area contributed by atoms with Gasteiger partial charge < -0.3 is 19.9 Å². The topological polar surface area (TPSA) is 105 Å². The Morgan fingerprint density at radius 3 is 2.54 bits per heavy atom. The van der Waals surface area contributed by atoms with Crippen molar-refractivity contribution in [2.45, 2.75) is 76.9 Å². The molecule has 10 atom stereocenters. The van der Waals surface area contributed by atoms with E-state index < -0.39 is 34.6 Å². The zero-order valence-electron chi connectivity index (χ0n) is 22.1. The molecule has 2 N–H and O–H groups in total. The summed E-state index contributed by atoms with van der Waals surface area (Å²) < 4.78 is 12.3. The summed E-state index contributed by atoms with van der Waals surface area (Å²) >= 11 is 0. The van der Waals surface area contributed by atoms with Gasteiger partial charge in [0.15, 0.2) is 5.78 Å². The summed E-state index contributed by atoms with van der Waals surface area (Å²) in [6.45, 7) is 8.76. The van der Waals surface area contributed by atoms with E-state index in [0.717, 1.165) is 5.56 Å². The molecule has 1 aromatic carbocycles. The van der Waals surface area contributed by atoms with Crippen LogP contribution in [0.4, 0.5) is 0 Å². The molecule has 3 fully saturated rings. The fourth-order valence-corrected chi connectivity index (χ4v) is 7.33. The number of ketones is 1. The summed E-state index contributed by atoms with van der Waals surface area (Å²) in [7, 11) is 0. The molecule has 0 aromatic heterocycles. The van der Waals surface area contributed by atoms with Gasteiger partial charge in [0.2, 0.25) is 5.91 Å². The van der Waals surface area contributed by atoms with Gasteiger partial charge in [-0.1, -0.05) is 56.3 Å². The Hall–Kier alpha value is -2.77. The number of Topliss-reactive ketones (excluding diaryl/α,β-unsaturated/α-hetero) is 1. The number of amides is 1. The summed E-state index contributed by atoms with van der Waals surface area (Å²) in [5.41, 5.74) is -2.24. The minimum atomic E-state index is -1.76. The SMILES string of the molecule is CC(=O)O[C@@H]1/C=C/[C@@](C)(O)C(=O)[C@@H](C)C/C=C/C2[C@@H]3O[C@]3(C)C(C)C3[C@H](Cc4ccccc4)NC(=O)[C@]321. The zero-order chi connectivity index (χ0) is 26.8. The standard InChI is InChI=1S/C30H37NO6/c1-17-10-9-13-21-26-29(5,37-26)18(2)24-22(16-20-11-7-6-8-12-20)31-27(34)30(21,24)23(36-19(3)32)14-15-28(4,35)25(17)33/h6-9,11-15,17-18,21-24,26,35H,10,16H2,1-5H3,(H,31,34)/b13-9+,15-14+/t17-,18?,21?,22-,23+,24?,26-,28+,29+,30+/m0/s1. The minimum Gasteiger partial charge on any atom is -0.457 e. The van der Waals surface area contributed by atoms with E-state index in [1.54, 1.807) is 13.0 Å². The van der Waals surface area contributed by atoms with E-state index in [1.165, 1.54) is 19.9 Å². The Labute approximate surface area is 218 Å². The van der Waals surface area contributed by atoms with Crippen molar-refractivity contribution in [2.75, 3.05) is 0 Å². The third-order valence-electron chi connectivity index (χ3n) is 9.34. The van der Waals surface area contributed by atoms with E-state index >= 15 is 0 Å². The number of fused-ring (bicyclic) bond motifs is 2. The third-order valence-corrected chi connectivity index (χ3v) is 9.34. The van der Waals surface area contributed by atoms with Gasteiger partial charge >= 0.3 is 5.97 Å². The van der Waals surface area contributed by atoms with Crippen LogP contribution >= 0.6 is 0 Å². The molecule has 1 amide bonds. The third kappa shape index (κ3) is 3.98. The molecule has 7 nitrogen and oxygen atoms in total. The van der Waals surface area contributed by atoms with Crippen LogP contribution in [-0.4, -0.2) is 52.2 Å². The normalized spacial score (nSPS) is 46.4. The van der Waals surface area contributed by atoms with Crippen molar-refractivity contribution in [1.82, 2.24) is 5.32 Å². The zero-order valence-corrected chi connectivity index (χ0v) is 22.1. The molecule has 2 aliphatic heterocycles. The minimum absolute atomic E-state index is 0.0209. The first-order valence-electron chi connectivity index (χ1n) is 13.3. The van der Waals surface area contributed by atoms with Crippen LogP contribution in [0.15, 0.2) is 54.6 Å². The lowest BCUT2D eigenvalue weighted by molar-refractivity contribution is -0.162. The second kappa shape index (κ2) is 8.91. The van der Waals surface area contributed by atoms with Crippen molar-refractivity contribution in [3.8, 4) is 0 Å². The molecule has 198 valence electrons. The van der Waals surface area contributed by atoms with Crippen LogP contribution in [0.25, 0.3) is 0 Å². The van der Waals surface area contributed by atoms with Gasteiger partial charge in [-0.25, -0.2) is 0 Å². The Balaban J connectivity index is 1.70. The van der Waals surface area contributed by atoms with Crippen LogP contribution in [0.3, 0.4) is 0 Å². The first kappa shape index (κ1) is 25.9. The van der Waals surface area contributed by atoms with Gasteiger partial charge in [0.25, 0.3) is 0 Å². The summed E-state index contributed by atoms with van der Waals surface area (Å²) in [6, 6.07) is 9.82. The highest BCUT2D eigenvalue weighted by Gasteiger charge is 2.78. The highest BCUT2D eigenvalue weighted by Crippen LogP contribution is 2.67. The van der Waals surface area contributed by atoms with Crippen LogP contribution < -0.4 is 5.32 Å². The molecule has 0 bridgehead atoms. The number of ether oxygens (including phenoxy) is 2. The number of carbonyl (C=O) groups excluding carboxylic acids is 3. The molecule has 1 saturated carbocycles. The number of nitrogens with one attached hydrogen (secondary N) is 1. The molecule has 1 spiro atoms. The predicted octanol–water partition coefficient (Wildman–Crippen LogP) is 3.16. The molecule has 2 saturated heterocycles. The van der Waals surface area contributed by atoms with Crippen LogP contribution in [0.1, 0.15) is 46.6 Å². The van der Waals surface area contributed by atoms with E-state index in [4.69, 9.17) is 9.47 Å². The number of hydrogen-bond donors (Lipinski definition) is 2. The first-order chi connectivity index (χ1) is 17.4. The maximum atomic E-state index is 14.3. The van der Waals surface area contributed by atoms with Crippen molar-refractivity contribution >= 4 is 17.7 Å². The molecule has 4 aliphatic rings. The summed E-state index contributed by atoms with van der Waals surface area (Å²) in [6.07, 6.45) is 6.72. The van der Waals surface area contributed by atoms with Crippen molar-refractivity contribution in [1.29, 1.82) is 0 Å². The molecule has 3 unspecified atom stereocenters. The summed E-state index contributed by atoms with van der Waals surface area (Å²) in [5, 5.41) is 14.3. The van der Waals surface area contributed by atoms with E-state index in [9.17, 15) is 19.5 Å². The highest BCUT2D eigenvalue weighted by molar-refractivity contribution is 5.91. The molecule has 7 heteroatoms. The molecule has 37 heavy (non-hydrogen) atoms. The van der Waals surface area contributed by atoms with Gasteiger partial charge in [0.1, 0.15) is 17.1 Å². The average molecular weight is 508 g/mol. The van der Waals surface area contributed by atoms with E-state index in [-0.39, 0.29) is 41.6 Å². The Bertz CT molecular complexity index is 1160. The number of hydrogen-bond acceptors (Lipinski definition) is 6. The fourth-order valence-electron chi connectivity index (χ4n) is 7.33. The molecule has 5 rings (SSSR count). The number of epoxide rings is 1. The number of allylic oxidation sites excluding steroid dienone is 1. The summed E-state index contributed by atoms with van der Waals surface area (Å²) in [4.78, 5) is 39.7. The molecular weight excluding hydrogens is 470 g/mol. The molecule has 2 heterocycles. The number of benzene rings is 1. The lowest BCUT2D eigenvalue weighted by Crippen LogP contribution is -2.60. The van der Waals surface area contributed by atoms with Crippen molar-refractivity contribution < 1.29 is 29.0 Å². The lowest BCUT2D eigenvalue weighted by atomic mass is 9.51. The quantitative estimate of drug-likeness (QED) is 0.370. The van der Waals surface area contributed by atoms with E-state index in [2.05, 4.69) is 19.2 Å². The Kier molecular flexibility index (Phi) is 6.23. The summed E-state index contributed by atoms with van der Waals surface area (Å²) in [5.74, 6) is -2.10. The van der Waals surface area contributed by atoms with Crippen molar-refractivity contribution in [3.63, 3.8) is 0 Å². The van der Waals surface area contributed by atoms with Gasteiger partial charge in [-0.05, 0) is 50.3 Å².